The third kappa shape index (κ3) is 7.63. The molecule has 1 aromatic carbocycles. The molecule has 0 heterocycles. The number of amides is 1. The highest BCUT2D eigenvalue weighted by atomic mass is 127. The minimum absolute atomic E-state index is 0. The molecule has 1 N–H and O–H groups in total. The van der Waals surface area contributed by atoms with Crippen LogP contribution in [0.2, 0.25) is 0 Å². The standard InChI is InChI=1S/C19H32N4O.HI/c1-7-20-19(22(6)14-18(24)23(8-2)9-3)21-13-17-11-10-15(4)12-16(17)5;/h10-12H,7-9,13-14H2,1-6H3,(H,20,21);1H. The summed E-state index contributed by atoms with van der Waals surface area (Å²) in [4.78, 5) is 20.7. The molecule has 6 heteroatoms. The SMILES string of the molecule is CCNC(=NCc1ccc(C)cc1C)N(C)CC(=O)N(CC)CC.I. The molecule has 0 aliphatic carbocycles. The van der Waals surface area contributed by atoms with Gasteiger partial charge in [0, 0.05) is 26.7 Å². The third-order valence-corrected chi connectivity index (χ3v) is 4.08. The molecule has 0 radical (unpaired) electrons. The van der Waals surface area contributed by atoms with Gasteiger partial charge in [-0.05, 0) is 45.7 Å². The maximum Gasteiger partial charge on any atom is 0.242 e. The Balaban J connectivity index is 0.00000576. The van der Waals surface area contributed by atoms with Gasteiger partial charge in [-0.3, -0.25) is 4.79 Å². The van der Waals surface area contributed by atoms with Crippen molar-refractivity contribution in [2.45, 2.75) is 41.2 Å². The summed E-state index contributed by atoms with van der Waals surface area (Å²) in [5.41, 5.74) is 3.71. The van der Waals surface area contributed by atoms with Crippen LogP contribution in [0.3, 0.4) is 0 Å². The van der Waals surface area contributed by atoms with E-state index in [0.29, 0.717) is 13.1 Å². The zero-order chi connectivity index (χ0) is 18.1. The molecular weight excluding hydrogens is 427 g/mol. The lowest BCUT2D eigenvalue weighted by Gasteiger charge is -2.25. The number of nitrogens with one attached hydrogen (secondary N) is 1. The fourth-order valence-electron chi connectivity index (χ4n) is 2.61. The normalized spacial score (nSPS) is 10.9. The van der Waals surface area contributed by atoms with E-state index < -0.39 is 0 Å². The van der Waals surface area contributed by atoms with E-state index in [4.69, 9.17) is 4.99 Å². The predicted octanol–water partition coefficient (Wildman–Crippen LogP) is 3.19. The Bertz CT molecular complexity index is 571. The number of aliphatic imine (C=N–C) groups is 1. The topological polar surface area (TPSA) is 47.9 Å². The number of halogens is 1. The Morgan fingerprint density at radius 2 is 1.80 bits per heavy atom. The van der Waals surface area contributed by atoms with Gasteiger partial charge in [-0.25, -0.2) is 4.99 Å². The number of likely N-dealkylation sites (N-methyl/N-ethyl adjacent to an activating group) is 2. The number of carbonyl (C=O) groups is 1. The molecule has 1 aromatic rings. The summed E-state index contributed by atoms with van der Waals surface area (Å²) in [5, 5.41) is 3.27. The van der Waals surface area contributed by atoms with Gasteiger partial charge in [0.15, 0.2) is 5.96 Å². The van der Waals surface area contributed by atoms with Crippen molar-refractivity contribution >= 4 is 35.8 Å². The van der Waals surface area contributed by atoms with Gasteiger partial charge < -0.3 is 15.1 Å². The van der Waals surface area contributed by atoms with E-state index in [2.05, 4.69) is 37.4 Å². The van der Waals surface area contributed by atoms with Crippen LogP contribution in [0.5, 0.6) is 0 Å². The molecule has 1 amide bonds. The summed E-state index contributed by atoms with van der Waals surface area (Å²) in [7, 11) is 1.91. The van der Waals surface area contributed by atoms with Gasteiger partial charge >= 0.3 is 0 Å². The number of rotatable bonds is 7. The molecule has 0 bridgehead atoms. The van der Waals surface area contributed by atoms with Crippen LogP contribution in [0.15, 0.2) is 23.2 Å². The monoisotopic (exact) mass is 460 g/mol. The number of guanidine groups is 1. The van der Waals surface area contributed by atoms with E-state index in [1.165, 1.54) is 16.7 Å². The lowest BCUT2D eigenvalue weighted by atomic mass is 10.1. The summed E-state index contributed by atoms with van der Waals surface area (Å²) in [6, 6.07) is 6.41. The maximum atomic E-state index is 12.3. The molecular formula is C19H33IN4O. The average molecular weight is 460 g/mol. The predicted molar refractivity (Wildman–Crippen MR) is 117 cm³/mol. The average Bonchev–Trinajstić information content (AvgIpc) is 2.53. The molecule has 0 atom stereocenters. The largest absolute Gasteiger partial charge is 0.357 e. The van der Waals surface area contributed by atoms with Crippen molar-refractivity contribution in [3.8, 4) is 0 Å². The van der Waals surface area contributed by atoms with Crippen LogP contribution >= 0.6 is 24.0 Å². The number of benzene rings is 1. The van der Waals surface area contributed by atoms with Gasteiger partial charge in [-0.1, -0.05) is 23.8 Å². The minimum Gasteiger partial charge on any atom is -0.357 e. The molecule has 0 saturated carbocycles. The quantitative estimate of drug-likeness (QED) is 0.386. The summed E-state index contributed by atoms with van der Waals surface area (Å²) < 4.78 is 0. The first-order chi connectivity index (χ1) is 11.4. The molecule has 0 fully saturated rings. The summed E-state index contributed by atoms with van der Waals surface area (Å²) >= 11 is 0. The fraction of sp³-hybridized carbons (Fsp3) is 0.579. The number of nitrogens with zero attached hydrogens (tertiary/aromatic N) is 3. The van der Waals surface area contributed by atoms with Gasteiger partial charge in [0.2, 0.25) is 5.91 Å². The van der Waals surface area contributed by atoms with Crippen molar-refractivity contribution in [3.05, 3.63) is 34.9 Å². The van der Waals surface area contributed by atoms with E-state index in [9.17, 15) is 4.79 Å². The first kappa shape index (κ1) is 23.7. The lowest BCUT2D eigenvalue weighted by Crippen LogP contribution is -2.45. The van der Waals surface area contributed by atoms with Crippen molar-refractivity contribution in [1.82, 2.24) is 15.1 Å². The Hall–Kier alpha value is -1.31. The first-order valence-electron chi connectivity index (χ1n) is 8.76. The van der Waals surface area contributed by atoms with E-state index in [-0.39, 0.29) is 29.9 Å². The van der Waals surface area contributed by atoms with E-state index in [0.717, 1.165) is 25.6 Å². The van der Waals surface area contributed by atoms with Gasteiger partial charge in [0.1, 0.15) is 0 Å². The van der Waals surface area contributed by atoms with Crippen LogP contribution in [0, 0.1) is 13.8 Å². The van der Waals surface area contributed by atoms with Crippen molar-refractivity contribution in [2.75, 3.05) is 33.2 Å². The molecule has 0 spiro atoms. The summed E-state index contributed by atoms with van der Waals surface area (Å²) in [6.07, 6.45) is 0. The molecule has 25 heavy (non-hydrogen) atoms. The number of hydrogen-bond acceptors (Lipinski definition) is 2. The highest BCUT2D eigenvalue weighted by Gasteiger charge is 2.15. The zero-order valence-corrected chi connectivity index (χ0v) is 18.8. The Morgan fingerprint density at radius 3 is 2.32 bits per heavy atom. The maximum absolute atomic E-state index is 12.3. The third-order valence-electron chi connectivity index (χ3n) is 4.08. The zero-order valence-electron chi connectivity index (χ0n) is 16.4. The van der Waals surface area contributed by atoms with Crippen LogP contribution in [0.1, 0.15) is 37.5 Å². The van der Waals surface area contributed by atoms with Crippen LogP contribution in [-0.4, -0.2) is 54.9 Å². The Kier molecular flexibility index (Phi) is 11.5. The van der Waals surface area contributed by atoms with Crippen LogP contribution in [0.4, 0.5) is 0 Å². The Labute approximate surface area is 169 Å². The summed E-state index contributed by atoms with van der Waals surface area (Å²) in [6.45, 7) is 13.4. The smallest absolute Gasteiger partial charge is 0.242 e. The van der Waals surface area contributed by atoms with E-state index >= 15 is 0 Å². The van der Waals surface area contributed by atoms with Gasteiger partial charge in [-0.15, -0.1) is 24.0 Å². The molecule has 0 aromatic heterocycles. The van der Waals surface area contributed by atoms with Gasteiger partial charge in [-0.2, -0.15) is 0 Å². The molecule has 0 unspecified atom stereocenters. The van der Waals surface area contributed by atoms with Crippen molar-refractivity contribution in [3.63, 3.8) is 0 Å². The van der Waals surface area contributed by atoms with Crippen molar-refractivity contribution < 1.29 is 4.79 Å². The second-order valence-corrected chi connectivity index (χ2v) is 6.02. The lowest BCUT2D eigenvalue weighted by molar-refractivity contribution is -0.131. The first-order valence-corrected chi connectivity index (χ1v) is 8.76. The number of carbonyl (C=O) groups excluding carboxylic acids is 1. The second-order valence-electron chi connectivity index (χ2n) is 6.02. The van der Waals surface area contributed by atoms with Crippen LogP contribution in [0.25, 0.3) is 0 Å². The molecule has 0 saturated heterocycles. The second kappa shape index (κ2) is 12.1. The minimum atomic E-state index is 0. The summed E-state index contributed by atoms with van der Waals surface area (Å²) in [5.74, 6) is 0.887. The highest BCUT2D eigenvalue weighted by Crippen LogP contribution is 2.11. The highest BCUT2D eigenvalue weighted by molar-refractivity contribution is 14.0. The van der Waals surface area contributed by atoms with E-state index in [1.54, 1.807) is 0 Å². The van der Waals surface area contributed by atoms with Gasteiger partial charge in [0.25, 0.3) is 0 Å². The van der Waals surface area contributed by atoms with Crippen molar-refractivity contribution in [1.29, 1.82) is 0 Å². The molecule has 0 aliphatic rings. The molecule has 142 valence electrons. The molecule has 5 nitrogen and oxygen atoms in total. The van der Waals surface area contributed by atoms with E-state index in [1.807, 2.05) is 37.6 Å². The van der Waals surface area contributed by atoms with Gasteiger partial charge in [0.05, 0.1) is 13.1 Å². The fourth-order valence-corrected chi connectivity index (χ4v) is 2.61. The van der Waals surface area contributed by atoms with Crippen LogP contribution in [-0.2, 0) is 11.3 Å². The Morgan fingerprint density at radius 1 is 1.16 bits per heavy atom. The number of hydrogen-bond donors (Lipinski definition) is 1. The molecule has 1 rings (SSSR count). The van der Waals surface area contributed by atoms with Crippen molar-refractivity contribution in [2.24, 2.45) is 4.99 Å². The van der Waals surface area contributed by atoms with Crippen LogP contribution < -0.4 is 5.32 Å². The number of aryl methyl sites for hydroxylation is 2. The molecule has 0 aliphatic heterocycles.